The fourth-order valence-corrected chi connectivity index (χ4v) is 1.91. The summed E-state index contributed by atoms with van der Waals surface area (Å²) < 4.78 is 6.46. The van der Waals surface area contributed by atoms with Gasteiger partial charge in [0.2, 0.25) is 0 Å². The van der Waals surface area contributed by atoms with Crippen LogP contribution in [0.25, 0.3) is 11.3 Å². The lowest BCUT2D eigenvalue weighted by Gasteiger charge is -2.01. The minimum atomic E-state index is 0.400. The average Bonchev–Trinajstić information content (AvgIpc) is 2.66. The highest BCUT2D eigenvalue weighted by Gasteiger charge is 2.11. The van der Waals surface area contributed by atoms with Crippen LogP contribution in [0.5, 0.6) is 0 Å². The Bertz CT molecular complexity index is 439. The van der Waals surface area contributed by atoms with Crippen molar-refractivity contribution < 1.29 is 4.42 Å². The molecule has 72 valence electrons. The number of nitrogens with zero attached hydrogens (tertiary/aromatic N) is 1. The van der Waals surface area contributed by atoms with Gasteiger partial charge in [-0.1, -0.05) is 18.2 Å². The van der Waals surface area contributed by atoms with E-state index in [1.165, 1.54) is 6.39 Å². The fourth-order valence-electron chi connectivity index (χ4n) is 1.28. The number of aromatic nitrogens is 1. The third kappa shape index (κ3) is 1.67. The van der Waals surface area contributed by atoms with Crippen molar-refractivity contribution in [3.63, 3.8) is 0 Å². The van der Waals surface area contributed by atoms with Gasteiger partial charge >= 0.3 is 0 Å². The number of hydrogen-bond acceptors (Lipinski definition) is 3. The molecule has 4 heteroatoms. The van der Waals surface area contributed by atoms with Crippen LogP contribution < -0.4 is 5.73 Å². The van der Waals surface area contributed by atoms with Gasteiger partial charge in [-0.15, -0.1) is 0 Å². The van der Waals surface area contributed by atoms with Crippen molar-refractivity contribution in [2.45, 2.75) is 6.54 Å². The Labute approximate surface area is 95.5 Å². The molecule has 0 spiro atoms. The quantitative estimate of drug-likeness (QED) is 0.867. The maximum absolute atomic E-state index is 5.56. The van der Waals surface area contributed by atoms with E-state index in [0.29, 0.717) is 6.54 Å². The van der Waals surface area contributed by atoms with E-state index < -0.39 is 0 Å². The van der Waals surface area contributed by atoms with E-state index in [-0.39, 0.29) is 0 Å². The summed E-state index contributed by atoms with van der Waals surface area (Å²) in [4.78, 5) is 4.06. The average molecular weight is 300 g/mol. The summed E-state index contributed by atoms with van der Waals surface area (Å²) in [6, 6.07) is 7.99. The van der Waals surface area contributed by atoms with Crippen molar-refractivity contribution >= 4 is 22.6 Å². The molecule has 0 saturated heterocycles. The summed E-state index contributed by atoms with van der Waals surface area (Å²) in [5.74, 6) is 0.775. The SMILES string of the molecule is NCc1ncoc1-c1ccccc1I. The molecule has 2 N–H and O–H groups in total. The van der Waals surface area contributed by atoms with E-state index in [1.54, 1.807) is 0 Å². The molecule has 0 saturated carbocycles. The molecule has 14 heavy (non-hydrogen) atoms. The van der Waals surface area contributed by atoms with Crippen LogP contribution in [0, 0.1) is 3.57 Å². The van der Waals surface area contributed by atoms with E-state index in [4.69, 9.17) is 10.2 Å². The lowest BCUT2D eigenvalue weighted by molar-refractivity contribution is 0.570. The lowest BCUT2D eigenvalue weighted by Crippen LogP contribution is -1.98. The minimum Gasteiger partial charge on any atom is -0.443 e. The zero-order valence-corrected chi connectivity index (χ0v) is 9.56. The molecule has 0 bridgehead atoms. The zero-order valence-electron chi connectivity index (χ0n) is 7.40. The Morgan fingerprint density at radius 1 is 1.36 bits per heavy atom. The normalized spacial score (nSPS) is 10.4. The van der Waals surface area contributed by atoms with Gasteiger partial charge in [0.05, 0.1) is 0 Å². The first-order chi connectivity index (χ1) is 6.83. The Kier molecular flexibility index (Phi) is 2.83. The Hall–Kier alpha value is -0.880. The lowest BCUT2D eigenvalue weighted by atomic mass is 10.1. The fraction of sp³-hybridized carbons (Fsp3) is 0.100. The summed E-state index contributed by atoms with van der Waals surface area (Å²) in [7, 11) is 0. The van der Waals surface area contributed by atoms with Gasteiger partial charge in [-0.3, -0.25) is 0 Å². The van der Waals surface area contributed by atoms with Crippen molar-refractivity contribution in [1.82, 2.24) is 4.98 Å². The highest BCUT2D eigenvalue weighted by Crippen LogP contribution is 2.27. The van der Waals surface area contributed by atoms with Gasteiger partial charge in [0, 0.05) is 15.7 Å². The highest BCUT2D eigenvalue weighted by molar-refractivity contribution is 14.1. The number of rotatable bonds is 2. The molecular weight excluding hydrogens is 291 g/mol. The van der Waals surface area contributed by atoms with E-state index in [2.05, 4.69) is 27.6 Å². The standard InChI is InChI=1S/C10H9IN2O/c11-8-4-2-1-3-7(8)10-9(5-12)13-6-14-10/h1-4,6H,5,12H2. The van der Waals surface area contributed by atoms with Crippen molar-refractivity contribution in [3.8, 4) is 11.3 Å². The smallest absolute Gasteiger partial charge is 0.181 e. The van der Waals surface area contributed by atoms with Crippen LogP contribution in [0.1, 0.15) is 5.69 Å². The summed E-state index contributed by atoms with van der Waals surface area (Å²) in [6.07, 6.45) is 1.43. The Morgan fingerprint density at radius 2 is 2.14 bits per heavy atom. The van der Waals surface area contributed by atoms with Crippen LogP contribution in [-0.2, 0) is 6.54 Å². The minimum absolute atomic E-state index is 0.400. The number of nitrogens with two attached hydrogens (primary N) is 1. The molecule has 2 rings (SSSR count). The van der Waals surface area contributed by atoms with Gasteiger partial charge in [-0.25, -0.2) is 4.98 Å². The van der Waals surface area contributed by atoms with Crippen LogP contribution in [-0.4, -0.2) is 4.98 Å². The predicted molar refractivity (Wildman–Crippen MR) is 62.5 cm³/mol. The third-order valence-electron chi connectivity index (χ3n) is 1.95. The van der Waals surface area contributed by atoms with Crippen molar-refractivity contribution in [3.05, 3.63) is 39.9 Å². The predicted octanol–water partition coefficient (Wildman–Crippen LogP) is 2.40. The number of benzene rings is 1. The first kappa shape index (κ1) is 9.67. The van der Waals surface area contributed by atoms with E-state index >= 15 is 0 Å². The number of hydrogen-bond donors (Lipinski definition) is 1. The molecule has 0 aliphatic carbocycles. The maximum atomic E-state index is 5.56. The van der Waals surface area contributed by atoms with Gasteiger partial charge in [-0.05, 0) is 28.7 Å². The first-order valence-electron chi connectivity index (χ1n) is 4.20. The second-order valence-corrected chi connectivity index (χ2v) is 3.97. The van der Waals surface area contributed by atoms with Crippen molar-refractivity contribution in [2.75, 3.05) is 0 Å². The van der Waals surface area contributed by atoms with E-state index in [1.807, 2.05) is 24.3 Å². The monoisotopic (exact) mass is 300 g/mol. The van der Waals surface area contributed by atoms with Crippen LogP contribution in [0.15, 0.2) is 35.1 Å². The van der Waals surface area contributed by atoms with Gasteiger partial charge in [0.15, 0.2) is 12.2 Å². The molecule has 0 atom stereocenters. The number of halogens is 1. The summed E-state index contributed by atoms with van der Waals surface area (Å²) in [5, 5.41) is 0. The molecule has 1 aromatic carbocycles. The van der Waals surface area contributed by atoms with Gasteiger partial charge in [-0.2, -0.15) is 0 Å². The van der Waals surface area contributed by atoms with E-state index in [0.717, 1.165) is 20.6 Å². The van der Waals surface area contributed by atoms with Gasteiger partial charge in [0.25, 0.3) is 0 Å². The van der Waals surface area contributed by atoms with Crippen LogP contribution in [0.2, 0.25) is 0 Å². The molecule has 0 unspecified atom stereocenters. The van der Waals surface area contributed by atoms with Crippen molar-refractivity contribution in [2.24, 2.45) is 5.73 Å². The highest BCUT2D eigenvalue weighted by atomic mass is 127. The summed E-state index contributed by atoms with van der Waals surface area (Å²) in [5.41, 5.74) is 7.40. The van der Waals surface area contributed by atoms with Gasteiger partial charge < -0.3 is 10.2 Å². The van der Waals surface area contributed by atoms with Crippen LogP contribution in [0.4, 0.5) is 0 Å². The molecule has 1 heterocycles. The molecule has 2 aromatic rings. The maximum Gasteiger partial charge on any atom is 0.181 e. The second kappa shape index (κ2) is 4.10. The topological polar surface area (TPSA) is 52.0 Å². The van der Waals surface area contributed by atoms with Crippen molar-refractivity contribution in [1.29, 1.82) is 0 Å². The second-order valence-electron chi connectivity index (χ2n) is 2.81. The third-order valence-corrected chi connectivity index (χ3v) is 2.89. The van der Waals surface area contributed by atoms with Gasteiger partial charge in [0.1, 0.15) is 5.69 Å². The molecule has 3 nitrogen and oxygen atoms in total. The first-order valence-corrected chi connectivity index (χ1v) is 5.28. The number of oxazole rings is 1. The summed E-state index contributed by atoms with van der Waals surface area (Å²) in [6.45, 7) is 0.400. The largest absolute Gasteiger partial charge is 0.443 e. The van der Waals surface area contributed by atoms with Crippen LogP contribution in [0.3, 0.4) is 0 Å². The Balaban J connectivity index is 2.54. The molecule has 0 fully saturated rings. The molecule has 0 radical (unpaired) electrons. The molecule has 0 amide bonds. The van der Waals surface area contributed by atoms with E-state index in [9.17, 15) is 0 Å². The Morgan fingerprint density at radius 3 is 2.86 bits per heavy atom. The molecule has 0 aliphatic heterocycles. The molecule has 1 aromatic heterocycles. The van der Waals surface area contributed by atoms with Crippen LogP contribution >= 0.6 is 22.6 Å². The summed E-state index contributed by atoms with van der Waals surface area (Å²) >= 11 is 2.27. The zero-order chi connectivity index (χ0) is 9.97. The molecular formula is C10H9IN2O. The molecule has 0 aliphatic rings.